The summed E-state index contributed by atoms with van der Waals surface area (Å²) >= 11 is 5.79. The lowest BCUT2D eigenvalue weighted by Crippen LogP contribution is -2.30. The third-order valence-electron chi connectivity index (χ3n) is 2.95. The van der Waals surface area contributed by atoms with Crippen molar-refractivity contribution in [2.24, 2.45) is 0 Å². The fourth-order valence-electron chi connectivity index (χ4n) is 1.80. The standard InChI is InChI=1S/C15H16ClN3O3/c1-10-4-8-22-13(10)15(21)19-6-2-5-18-14(20)12-9-11(16)3-7-17-12/h3-4,7-9H,2,5-6H2,1H3,(H,18,20)(H,19,21). The number of nitrogens with one attached hydrogen (secondary N) is 2. The molecule has 6 nitrogen and oxygen atoms in total. The van der Waals surface area contributed by atoms with Gasteiger partial charge in [-0.05, 0) is 31.5 Å². The van der Waals surface area contributed by atoms with Crippen LogP contribution >= 0.6 is 11.6 Å². The van der Waals surface area contributed by atoms with Gasteiger partial charge in [-0.2, -0.15) is 0 Å². The van der Waals surface area contributed by atoms with Crippen molar-refractivity contribution in [3.05, 3.63) is 52.7 Å². The number of pyridine rings is 1. The SMILES string of the molecule is Cc1ccoc1C(=O)NCCCNC(=O)c1cc(Cl)ccn1. The van der Waals surface area contributed by atoms with Crippen LogP contribution in [-0.4, -0.2) is 29.9 Å². The van der Waals surface area contributed by atoms with Crippen molar-refractivity contribution < 1.29 is 14.0 Å². The highest BCUT2D eigenvalue weighted by Crippen LogP contribution is 2.08. The van der Waals surface area contributed by atoms with E-state index in [4.69, 9.17) is 16.0 Å². The molecule has 0 saturated heterocycles. The number of aryl methyl sites for hydroxylation is 1. The maximum atomic E-state index is 11.8. The third kappa shape index (κ3) is 4.33. The minimum Gasteiger partial charge on any atom is -0.459 e. The number of amides is 2. The summed E-state index contributed by atoms with van der Waals surface area (Å²) in [5.74, 6) is -0.242. The van der Waals surface area contributed by atoms with Crippen LogP contribution < -0.4 is 10.6 Å². The second kappa shape index (κ2) is 7.61. The first-order valence-electron chi connectivity index (χ1n) is 6.80. The smallest absolute Gasteiger partial charge is 0.287 e. The van der Waals surface area contributed by atoms with Gasteiger partial charge in [0.25, 0.3) is 11.8 Å². The zero-order valence-corrected chi connectivity index (χ0v) is 12.8. The maximum Gasteiger partial charge on any atom is 0.287 e. The average molecular weight is 322 g/mol. The van der Waals surface area contributed by atoms with Gasteiger partial charge in [-0.3, -0.25) is 14.6 Å². The molecular weight excluding hydrogens is 306 g/mol. The summed E-state index contributed by atoms with van der Waals surface area (Å²) in [4.78, 5) is 27.5. The molecule has 0 bridgehead atoms. The van der Waals surface area contributed by atoms with Crippen molar-refractivity contribution in [2.45, 2.75) is 13.3 Å². The van der Waals surface area contributed by atoms with Gasteiger partial charge in [-0.1, -0.05) is 11.6 Å². The van der Waals surface area contributed by atoms with Gasteiger partial charge >= 0.3 is 0 Å². The Morgan fingerprint density at radius 2 is 1.95 bits per heavy atom. The van der Waals surface area contributed by atoms with Gasteiger partial charge in [-0.15, -0.1) is 0 Å². The van der Waals surface area contributed by atoms with Crippen molar-refractivity contribution in [2.75, 3.05) is 13.1 Å². The Labute approximate surface area is 132 Å². The molecule has 116 valence electrons. The van der Waals surface area contributed by atoms with Gasteiger partial charge < -0.3 is 15.1 Å². The average Bonchev–Trinajstić information content (AvgIpc) is 2.92. The molecule has 0 aromatic carbocycles. The fraction of sp³-hybridized carbons (Fsp3) is 0.267. The Bertz CT molecular complexity index is 670. The summed E-state index contributed by atoms with van der Waals surface area (Å²) in [6.07, 6.45) is 3.55. The zero-order chi connectivity index (χ0) is 15.9. The van der Waals surface area contributed by atoms with Crippen LogP contribution in [0.5, 0.6) is 0 Å². The zero-order valence-electron chi connectivity index (χ0n) is 12.1. The lowest BCUT2D eigenvalue weighted by Gasteiger charge is -2.06. The van der Waals surface area contributed by atoms with Crippen LogP contribution in [0.4, 0.5) is 0 Å². The second-order valence-electron chi connectivity index (χ2n) is 4.66. The van der Waals surface area contributed by atoms with E-state index >= 15 is 0 Å². The van der Waals surface area contributed by atoms with Gasteiger partial charge in [0, 0.05) is 29.9 Å². The first kappa shape index (κ1) is 16.0. The highest BCUT2D eigenvalue weighted by Gasteiger charge is 2.11. The lowest BCUT2D eigenvalue weighted by molar-refractivity contribution is 0.0924. The first-order chi connectivity index (χ1) is 10.6. The number of furan rings is 1. The molecule has 0 atom stereocenters. The molecule has 0 saturated carbocycles. The number of nitrogens with zero attached hydrogens (tertiary/aromatic N) is 1. The number of halogens is 1. The quantitative estimate of drug-likeness (QED) is 0.799. The van der Waals surface area contributed by atoms with Crippen molar-refractivity contribution in [3.63, 3.8) is 0 Å². The van der Waals surface area contributed by atoms with Gasteiger partial charge in [0.05, 0.1) is 6.26 Å². The van der Waals surface area contributed by atoms with E-state index in [0.717, 1.165) is 5.56 Å². The highest BCUT2D eigenvalue weighted by molar-refractivity contribution is 6.30. The predicted octanol–water partition coefficient (Wildman–Crippen LogP) is 2.19. The van der Waals surface area contributed by atoms with Crippen LogP contribution in [-0.2, 0) is 0 Å². The largest absolute Gasteiger partial charge is 0.459 e. The summed E-state index contributed by atoms with van der Waals surface area (Å²) in [5.41, 5.74) is 1.06. The summed E-state index contributed by atoms with van der Waals surface area (Å²) in [7, 11) is 0. The Balaban J connectivity index is 1.68. The number of hydrogen-bond donors (Lipinski definition) is 2. The molecule has 2 heterocycles. The van der Waals surface area contributed by atoms with Crippen LogP contribution in [0.2, 0.25) is 5.02 Å². The van der Waals surface area contributed by atoms with Gasteiger partial charge in [0.15, 0.2) is 5.76 Å². The molecule has 0 aliphatic carbocycles. The van der Waals surface area contributed by atoms with Gasteiger partial charge in [0.2, 0.25) is 0 Å². The minimum absolute atomic E-state index is 0.259. The van der Waals surface area contributed by atoms with Crippen LogP contribution in [0.3, 0.4) is 0 Å². The van der Waals surface area contributed by atoms with E-state index in [1.165, 1.54) is 18.5 Å². The number of rotatable bonds is 6. The summed E-state index contributed by atoms with van der Waals surface area (Å²) < 4.78 is 5.09. The van der Waals surface area contributed by atoms with Crippen molar-refractivity contribution in [3.8, 4) is 0 Å². The van der Waals surface area contributed by atoms with Gasteiger partial charge in [-0.25, -0.2) is 0 Å². The number of aromatic nitrogens is 1. The van der Waals surface area contributed by atoms with Crippen LogP contribution in [0.25, 0.3) is 0 Å². The van der Waals surface area contributed by atoms with Crippen molar-refractivity contribution >= 4 is 23.4 Å². The van der Waals surface area contributed by atoms with Crippen molar-refractivity contribution in [1.82, 2.24) is 15.6 Å². The summed E-state index contributed by atoms with van der Waals surface area (Å²) in [6, 6.07) is 4.83. The fourth-order valence-corrected chi connectivity index (χ4v) is 1.96. The molecule has 0 unspecified atom stereocenters. The van der Waals surface area contributed by atoms with E-state index in [2.05, 4.69) is 15.6 Å². The highest BCUT2D eigenvalue weighted by atomic mass is 35.5. The number of hydrogen-bond acceptors (Lipinski definition) is 4. The second-order valence-corrected chi connectivity index (χ2v) is 5.09. The van der Waals surface area contributed by atoms with E-state index < -0.39 is 0 Å². The van der Waals surface area contributed by atoms with Crippen LogP contribution in [0, 0.1) is 6.92 Å². The van der Waals surface area contributed by atoms with E-state index in [1.807, 2.05) is 0 Å². The van der Waals surface area contributed by atoms with Crippen molar-refractivity contribution in [1.29, 1.82) is 0 Å². The Hall–Kier alpha value is -2.34. The Kier molecular flexibility index (Phi) is 5.55. The van der Waals surface area contributed by atoms with Crippen LogP contribution in [0.1, 0.15) is 33.0 Å². The molecule has 0 spiro atoms. The summed E-state index contributed by atoms with van der Waals surface area (Å²) in [5, 5.41) is 5.90. The Morgan fingerprint density at radius 3 is 2.59 bits per heavy atom. The van der Waals surface area contributed by atoms with E-state index in [-0.39, 0.29) is 17.5 Å². The molecule has 2 aromatic rings. The van der Waals surface area contributed by atoms with E-state index in [1.54, 1.807) is 19.1 Å². The van der Waals surface area contributed by atoms with E-state index in [0.29, 0.717) is 30.3 Å². The molecule has 0 radical (unpaired) electrons. The molecular formula is C15H16ClN3O3. The molecule has 0 fully saturated rings. The molecule has 2 amide bonds. The van der Waals surface area contributed by atoms with Crippen LogP contribution in [0.15, 0.2) is 35.1 Å². The predicted molar refractivity (Wildman–Crippen MR) is 82.0 cm³/mol. The molecule has 7 heteroatoms. The topological polar surface area (TPSA) is 84.2 Å². The van der Waals surface area contributed by atoms with Gasteiger partial charge in [0.1, 0.15) is 5.69 Å². The Morgan fingerprint density at radius 1 is 1.23 bits per heavy atom. The lowest BCUT2D eigenvalue weighted by atomic mass is 10.2. The molecule has 0 aliphatic heterocycles. The molecule has 22 heavy (non-hydrogen) atoms. The molecule has 2 rings (SSSR count). The number of carbonyl (C=O) groups excluding carboxylic acids is 2. The summed E-state index contributed by atoms with van der Waals surface area (Å²) in [6.45, 7) is 2.66. The number of carbonyl (C=O) groups is 2. The first-order valence-corrected chi connectivity index (χ1v) is 7.18. The molecule has 2 aromatic heterocycles. The molecule has 2 N–H and O–H groups in total. The molecule has 0 aliphatic rings. The maximum absolute atomic E-state index is 11.8. The normalized spacial score (nSPS) is 10.3. The van der Waals surface area contributed by atoms with E-state index in [9.17, 15) is 9.59 Å². The third-order valence-corrected chi connectivity index (χ3v) is 3.18. The monoisotopic (exact) mass is 321 g/mol. The minimum atomic E-state index is -0.296.